The summed E-state index contributed by atoms with van der Waals surface area (Å²) in [4.78, 5) is 20.4. The SMILES string of the molecule is O=C(Nc1ccc2nc(-c3cccc(O)c3)[nH]c2c1)c1ccc2c(c1)OCCO2. The number of aromatic nitrogens is 2. The van der Waals surface area contributed by atoms with E-state index in [9.17, 15) is 9.90 Å². The number of nitrogens with one attached hydrogen (secondary N) is 2. The Balaban J connectivity index is 1.40. The molecule has 1 aliphatic rings. The lowest BCUT2D eigenvalue weighted by atomic mass is 10.1. The Labute approximate surface area is 165 Å². The zero-order chi connectivity index (χ0) is 19.8. The summed E-state index contributed by atoms with van der Waals surface area (Å²) in [7, 11) is 0. The summed E-state index contributed by atoms with van der Waals surface area (Å²) in [6.45, 7) is 0.976. The van der Waals surface area contributed by atoms with Gasteiger partial charge in [-0.15, -0.1) is 0 Å². The zero-order valence-electron chi connectivity index (χ0n) is 15.3. The summed E-state index contributed by atoms with van der Waals surface area (Å²) < 4.78 is 11.0. The van der Waals surface area contributed by atoms with Crippen molar-refractivity contribution in [1.29, 1.82) is 0 Å². The van der Waals surface area contributed by atoms with Gasteiger partial charge in [0.05, 0.1) is 11.0 Å². The van der Waals surface area contributed by atoms with Crippen molar-refractivity contribution in [2.24, 2.45) is 0 Å². The summed E-state index contributed by atoms with van der Waals surface area (Å²) in [5, 5.41) is 12.6. The number of hydrogen-bond donors (Lipinski definition) is 3. The van der Waals surface area contributed by atoms with Crippen LogP contribution in [0.2, 0.25) is 0 Å². The van der Waals surface area contributed by atoms with E-state index < -0.39 is 0 Å². The first-order valence-electron chi connectivity index (χ1n) is 9.16. The van der Waals surface area contributed by atoms with Crippen LogP contribution in [-0.2, 0) is 0 Å². The predicted molar refractivity (Wildman–Crippen MR) is 109 cm³/mol. The molecule has 0 fully saturated rings. The molecule has 1 amide bonds. The lowest BCUT2D eigenvalue weighted by Crippen LogP contribution is -2.17. The third kappa shape index (κ3) is 3.34. The molecule has 7 nitrogen and oxygen atoms in total. The summed E-state index contributed by atoms with van der Waals surface area (Å²) in [5.41, 5.74) is 3.45. The predicted octanol–water partition coefficient (Wildman–Crippen LogP) is 3.96. The number of carbonyl (C=O) groups excluding carboxylic acids is 1. The largest absolute Gasteiger partial charge is 0.508 e. The van der Waals surface area contributed by atoms with Crippen molar-refractivity contribution in [3.63, 3.8) is 0 Å². The number of H-pyrrole nitrogens is 1. The van der Waals surface area contributed by atoms with Gasteiger partial charge in [-0.05, 0) is 48.5 Å². The number of phenols is 1. The van der Waals surface area contributed by atoms with E-state index in [1.807, 2.05) is 18.2 Å². The van der Waals surface area contributed by atoms with E-state index in [-0.39, 0.29) is 11.7 Å². The van der Waals surface area contributed by atoms with Gasteiger partial charge in [-0.1, -0.05) is 12.1 Å². The van der Waals surface area contributed by atoms with Crippen LogP contribution in [0.25, 0.3) is 22.4 Å². The molecule has 29 heavy (non-hydrogen) atoms. The fourth-order valence-corrected chi connectivity index (χ4v) is 3.27. The molecule has 7 heteroatoms. The average molecular weight is 387 g/mol. The van der Waals surface area contributed by atoms with Crippen LogP contribution in [0.4, 0.5) is 5.69 Å². The lowest BCUT2D eigenvalue weighted by molar-refractivity contribution is 0.102. The summed E-state index contributed by atoms with van der Waals surface area (Å²) >= 11 is 0. The normalized spacial score (nSPS) is 12.7. The van der Waals surface area contributed by atoms with Gasteiger partial charge in [0.15, 0.2) is 11.5 Å². The molecule has 4 aromatic rings. The number of ether oxygens (including phenoxy) is 2. The molecule has 0 spiro atoms. The van der Waals surface area contributed by atoms with Gasteiger partial charge in [0, 0.05) is 16.8 Å². The number of nitrogens with zero attached hydrogens (tertiary/aromatic N) is 1. The van der Waals surface area contributed by atoms with E-state index >= 15 is 0 Å². The van der Waals surface area contributed by atoms with E-state index in [4.69, 9.17) is 9.47 Å². The van der Waals surface area contributed by atoms with E-state index in [1.54, 1.807) is 42.5 Å². The number of fused-ring (bicyclic) bond motifs is 2. The number of amides is 1. The molecular weight excluding hydrogens is 370 g/mol. The second kappa shape index (κ2) is 6.87. The van der Waals surface area contributed by atoms with Crippen LogP contribution < -0.4 is 14.8 Å². The van der Waals surface area contributed by atoms with Gasteiger partial charge < -0.3 is 24.9 Å². The lowest BCUT2D eigenvalue weighted by Gasteiger charge is -2.18. The highest BCUT2D eigenvalue weighted by atomic mass is 16.6. The van der Waals surface area contributed by atoms with Gasteiger partial charge in [-0.25, -0.2) is 4.98 Å². The molecule has 1 aliphatic heterocycles. The van der Waals surface area contributed by atoms with Crippen molar-refractivity contribution in [1.82, 2.24) is 9.97 Å². The Morgan fingerprint density at radius 3 is 2.72 bits per heavy atom. The number of rotatable bonds is 3. The molecule has 0 saturated carbocycles. The minimum absolute atomic E-state index is 0.176. The Morgan fingerprint density at radius 2 is 1.86 bits per heavy atom. The topological polar surface area (TPSA) is 96.5 Å². The molecule has 2 heterocycles. The van der Waals surface area contributed by atoms with Crippen molar-refractivity contribution >= 4 is 22.6 Å². The Morgan fingerprint density at radius 1 is 1.00 bits per heavy atom. The van der Waals surface area contributed by atoms with Crippen molar-refractivity contribution in [3.8, 4) is 28.6 Å². The van der Waals surface area contributed by atoms with Crippen LogP contribution >= 0.6 is 0 Å². The summed E-state index contributed by atoms with van der Waals surface area (Å²) in [6, 6.07) is 17.4. The van der Waals surface area contributed by atoms with Crippen LogP contribution in [0, 0.1) is 0 Å². The monoisotopic (exact) mass is 387 g/mol. The number of hydrogen-bond acceptors (Lipinski definition) is 5. The Hall–Kier alpha value is -4.00. The first-order valence-corrected chi connectivity index (χ1v) is 9.16. The van der Waals surface area contributed by atoms with Gasteiger partial charge in [0.2, 0.25) is 0 Å². The van der Waals surface area contributed by atoms with Gasteiger partial charge in [-0.2, -0.15) is 0 Å². The number of imidazole rings is 1. The van der Waals surface area contributed by atoms with Crippen LogP contribution in [0.3, 0.4) is 0 Å². The standard InChI is InChI=1S/C22H17N3O4/c26-16-3-1-2-13(10-16)21-24-17-6-5-15(12-18(17)25-21)23-22(27)14-4-7-19-20(11-14)29-9-8-28-19/h1-7,10-12,26H,8-9H2,(H,23,27)(H,24,25). The number of phenolic OH excluding ortho intramolecular Hbond substituents is 1. The first-order chi connectivity index (χ1) is 14.2. The van der Waals surface area contributed by atoms with Crippen molar-refractivity contribution in [2.45, 2.75) is 0 Å². The molecule has 3 N–H and O–H groups in total. The quantitative estimate of drug-likeness (QED) is 0.494. The highest BCUT2D eigenvalue weighted by Crippen LogP contribution is 2.31. The molecule has 0 atom stereocenters. The van der Waals surface area contributed by atoms with E-state index in [0.29, 0.717) is 41.8 Å². The van der Waals surface area contributed by atoms with Gasteiger partial charge in [-0.3, -0.25) is 4.79 Å². The maximum absolute atomic E-state index is 12.6. The average Bonchev–Trinajstić information content (AvgIpc) is 3.17. The zero-order valence-corrected chi connectivity index (χ0v) is 15.3. The fraction of sp³-hybridized carbons (Fsp3) is 0.0909. The minimum Gasteiger partial charge on any atom is -0.508 e. The van der Waals surface area contributed by atoms with Crippen LogP contribution in [0.1, 0.15) is 10.4 Å². The number of carbonyl (C=O) groups is 1. The summed E-state index contributed by atoms with van der Waals surface area (Å²) in [6.07, 6.45) is 0. The second-order valence-corrected chi connectivity index (χ2v) is 6.68. The molecule has 0 bridgehead atoms. The Kier molecular flexibility index (Phi) is 4.05. The van der Waals surface area contributed by atoms with Gasteiger partial charge >= 0.3 is 0 Å². The molecule has 144 valence electrons. The molecule has 0 radical (unpaired) electrons. The molecule has 3 aromatic carbocycles. The number of aromatic hydroxyl groups is 1. The molecular formula is C22H17N3O4. The van der Waals surface area contributed by atoms with Gasteiger partial charge in [0.25, 0.3) is 5.91 Å². The number of aromatic amines is 1. The molecule has 5 rings (SSSR count). The maximum Gasteiger partial charge on any atom is 0.255 e. The third-order valence-electron chi connectivity index (χ3n) is 4.66. The maximum atomic E-state index is 12.6. The first kappa shape index (κ1) is 17.1. The third-order valence-corrected chi connectivity index (χ3v) is 4.66. The molecule has 0 aliphatic carbocycles. The van der Waals surface area contributed by atoms with E-state index in [1.165, 1.54) is 0 Å². The fourth-order valence-electron chi connectivity index (χ4n) is 3.27. The molecule has 0 unspecified atom stereocenters. The second-order valence-electron chi connectivity index (χ2n) is 6.68. The van der Waals surface area contributed by atoms with Crippen molar-refractivity contribution < 1.29 is 19.4 Å². The van der Waals surface area contributed by atoms with Crippen LogP contribution in [0.5, 0.6) is 17.2 Å². The highest BCUT2D eigenvalue weighted by Gasteiger charge is 2.15. The van der Waals surface area contributed by atoms with E-state index in [2.05, 4.69) is 15.3 Å². The van der Waals surface area contributed by atoms with Crippen molar-refractivity contribution in [2.75, 3.05) is 18.5 Å². The van der Waals surface area contributed by atoms with E-state index in [0.717, 1.165) is 16.6 Å². The molecule has 0 saturated heterocycles. The smallest absolute Gasteiger partial charge is 0.255 e. The molecule has 1 aromatic heterocycles. The van der Waals surface area contributed by atoms with Gasteiger partial charge in [0.1, 0.15) is 24.8 Å². The Bertz CT molecular complexity index is 1230. The van der Waals surface area contributed by atoms with Crippen LogP contribution in [-0.4, -0.2) is 34.2 Å². The number of benzene rings is 3. The minimum atomic E-state index is -0.242. The summed E-state index contributed by atoms with van der Waals surface area (Å²) in [5.74, 6) is 1.80. The van der Waals surface area contributed by atoms with Crippen molar-refractivity contribution in [3.05, 3.63) is 66.2 Å². The highest BCUT2D eigenvalue weighted by molar-refractivity contribution is 6.05. The van der Waals surface area contributed by atoms with Crippen LogP contribution in [0.15, 0.2) is 60.7 Å². The number of anilines is 1.